The monoisotopic (exact) mass is 221 g/mol. The van der Waals surface area contributed by atoms with Gasteiger partial charge in [0.15, 0.2) is 11.5 Å². The maximum absolute atomic E-state index is 12.4. The van der Waals surface area contributed by atoms with E-state index < -0.39 is 30.1 Å². The summed E-state index contributed by atoms with van der Waals surface area (Å²) in [5.41, 5.74) is 4.85. The van der Waals surface area contributed by atoms with Crippen LogP contribution in [0.1, 0.15) is 11.5 Å². The number of hydrogen-bond acceptors (Lipinski definition) is 3. The largest absolute Gasteiger partial charge is 0.504 e. The molecule has 0 saturated heterocycles. The summed E-state index contributed by atoms with van der Waals surface area (Å²) in [5.74, 6) is -2.88. The standard InChI is InChI=1S/C9H10F3NO2/c10-9(11,12)6(4-13)5-1-2-7(14)8(15)3-5/h1-3,6,14-15H,4,13H2. The van der Waals surface area contributed by atoms with E-state index >= 15 is 0 Å². The first-order chi connectivity index (χ1) is 6.86. The maximum atomic E-state index is 12.4. The number of nitrogens with two attached hydrogens (primary N) is 1. The maximum Gasteiger partial charge on any atom is 0.396 e. The number of alkyl halides is 3. The number of halogens is 3. The van der Waals surface area contributed by atoms with E-state index in [1.165, 1.54) is 0 Å². The van der Waals surface area contributed by atoms with Crippen molar-refractivity contribution in [3.8, 4) is 11.5 Å². The van der Waals surface area contributed by atoms with Gasteiger partial charge >= 0.3 is 6.18 Å². The van der Waals surface area contributed by atoms with Crippen LogP contribution in [-0.2, 0) is 0 Å². The highest BCUT2D eigenvalue weighted by Crippen LogP contribution is 2.37. The summed E-state index contributed by atoms with van der Waals surface area (Å²) in [6.07, 6.45) is -4.46. The normalized spacial score (nSPS) is 13.9. The molecule has 15 heavy (non-hydrogen) atoms. The molecule has 0 spiro atoms. The lowest BCUT2D eigenvalue weighted by molar-refractivity contribution is -0.148. The highest BCUT2D eigenvalue weighted by Gasteiger charge is 2.39. The molecule has 0 saturated carbocycles. The van der Waals surface area contributed by atoms with Gasteiger partial charge in [-0.2, -0.15) is 13.2 Å². The second-order valence-electron chi connectivity index (χ2n) is 3.08. The number of rotatable bonds is 2. The lowest BCUT2D eigenvalue weighted by Gasteiger charge is -2.18. The number of aromatic hydroxyl groups is 2. The van der Waals surface area contributed by atoms with E-state index in [0.717, 1.165) is 18.2 Å². The highest BCUT2D eigenvalue weighted by atomic mass is 19.4. The summed E-state index contributed by atoms with van der Waals surface area (Å²) in [6, 6.07) is 2.94. The van der Waals surface area contributed by atoms with E-state index in [0.29, 0.717) is 0 Å². The minimum absolute atomic E-state index is 0.166. The third-order valence-electron chi connectivity index (χ3n) is 2.03. The van der Waals surface area contributed by atoms with E-state index in [4.69, 9.17) is 15.9 Å². The van der Waals surface area contributed by atoms with Crippen molar-refractivity contribution >= 4 is 0 Å². The van der Waals surface area contributed by atoms with E-state index in [1.54, 1.807) is 0 Å². The van der Waals surface area contributed by atoms with Crippen LogP contribution in [0.3, 0.4) is 0 Å². The van der Waals surface area contributed by atoms with Crippen LogP contribution in [0.15, 0.2) is 18.2 Å². The molecule has 84 valence electrons. The smallest absolute Gasteiger partial charge is 0.396 e. The van der Waals surface area contributed by atoms with Gasteiger partial charge in [-0.3, -0.25) is 0 Å². The van der Waals surface area contributed by atoms with Crippen LogP contribution in [0.2, 0.25) is 0 Å². The average Bonchev–Trinajstić information content (AvgIpc) is 2.10. The molecule has 6 heteroatoms. The summed E-state index contributed by atoms with van der Waals surface area (Å²) in [7, 11) is 0. The predicted molar refractivity (Wildman–Crippen MR) is 47.6 cm³/mol. The fourth-order valence-corrected chi connectivity index (χ4v) is 1.22. The topological polar surface area (TPSA) is 66.5 Å². The number of benzene rings is 1. The summed E-state index contributed by atoms with van der Waals surface area (Å²) in [6.45, 7) is -0.603. The first-order valence-corrected chi connectivity index (χ1v) is 4.15. The van der Waals surface area contributed by atoms with Gasteiger partial charge in [-0.25, -0.2) is 0 Å². The quantitative estimate of drug-likeness (QED) is 0.666. The first kappa shape index (κ1) is 11.6. The summed E-state index contributed by atoms with van der Waals surface area (Å²) < 4.78 is 37.2. The van der Waals surface area contributed by atoms with Gasteiger partial charge in [0, 0.05) is 6.54 Å². The fourth-order valence-electron chi connectivity index (χ4n) is 1.22. The zero-order valence-electron chi connectivity index (χ0n) is 7.62. The molecule has 3 nitrogen and oxygen atoms in total. The Bertz CT molecular complexity index is 352. The zero-order valence-corrected chi connectivity index (χ0v) is 7.62. The Morgan fingerprint density at radius 2 is 1.80 bits per heavy atom. The van der Waals surface area contributed by atoms with Crippen molar-refractivity contribution in [1.82, 2.24) is 0 Å². The highest BCUT2D eigenvalue weighted by molar-refractivity contribution is 5.42. The Morgan fingerprint density at radius 3 is 2.20 bits per heavy atom. The van der Waals surface area contributed by atoms with E-state index in [2.05, 4.69) is 0 Å². The van der Waals surface area contributed by atoms with Gasteiger partial charge in [0.1, 0.15) is 0 Å². The van der Waals surface area contributed by atoms with Crippen molar-refractivity contribution in [1.29, 1.82) is 0 Å². The molecule has 0 fully saturated rings. The van der Waals surface area contributed by atoms with Crippen molar-refractivity contribution in [2.75, 3.05) is 6.54 Å². The first-order valence-electron chi connectivity index (χ1n) is 4.15. The Labute approximate surface area is 84.0 Å². The number of phenolic OH excluding ortho intramolecular Hbond substituents is 2. The number of hydrogen-bond donors (Lipinski definition) is 3. The molecule has 0 radical (unpaired) electrons. The molecule has 1 atom stereocenters. The Hall–Kier alpha value is -1.43. The Morgan fingerprint density at radius 1 is 1.20 bits per heavy atom. The van der Waals surface area contributed by atoms with Crippen molar-refractivity contribution in [3.05, 3.63) is 23.8 Å². The van der Waals surface area contributed by atoms with Crippen molar-refractivity contribution in [2.24, 2.45) is 5.73 Å². The molecule has 0 heterocycles. The minimum Gasteiger partial charge on any atom is -0.504 e. The molecule has 1 unspecified atom stereocenters. The van der Waals surface area contributed by atoms with Crippen molar-refractivity contribution < 1.29 is 23.4 Å². The Kier molecular flexibility index (Phi) is 3.09. The molecule has 0 bridgehead atoms. The zero-order chi connectivity index (χ0) is 11.6. The fraction of sp³-hybridized carbons (Fsp3) is 0.333. The average molecular weight is 221 g/mol. The van der Waals surface area contributed by atoms with Gasteiger partial charge in [-0.05, 0) is 17.7 Å². The van der Waals surface area contributed by atoms with Crippen LogP contribution < -0.4 is 5.73 Å². The molecule has 1 aromatic rings. The molecular formula is C9H10F3NO2. The third-order valence-corrected chi connectivity index (χ3v) is 2.03. The van der Waals surface area contributed by atoms with Gasteiger partial charge in [0.05, 0.1) is 5.92 Å². The van der Waals surface area contributed by atoms with Gasteiger partial charge < -0.3 is 15.9 Å². The van der Waals surface area contributed by atoms with E-state index in [9.17, 15) is 13.2 Å². The van der Waals surface area contributed by atoms with Crippen LogP contribution in [0.4, 0.5) is 13.2 Å². The molecule has 4 N–H and O–H groups in total. The predicted octanol–water partition coefficient (Wildman–Crippen LogP) is 1.70. The van der Waals surface area contributed by atoms with Crippen LogP contribution in [0, 0.1) is 0 Å². The molecular weight excluding hydrogens is 211 g/mol. The third kappa shape index (κ3) is 2.53. The van der Waals surface area contributed by atoms with Gasteiger partial charge in [-0.15, -0.1) is 0 Å². The second kappa shape index (κ2) is 3.98. The molecule has 0 aliphatic rings. The van der Waals surface area contributed by atoms with Crippen molar-refractivity contribution in [3.63, 3.8) is 0 Å². The molecule has 0 aliphatic heterocycles. The molecule has 0 amide bonds. The molecule has 0 aliphatic carbocycles. The molecule has 1 rings (SSSR count). The van der Waals surface area contributed by atoms with E-state index in [-0.39, 0.29) is 5.56 Å². The van der Waals surface area contributed by atoms with Crippen LogP contribution in [0.25, 0.3) is 0 Å². The van der Waals surface area contributed by atoms with Gasteiger partial charge in [0.2, 0.25) is 0 Å². The Balaban J connectivity index is 3.08. The lowest BCUT2D eigenvalue weighted by Crippen LogP contribution is -2.27. The molecule has 0 aromatic heterocycles. The second-order valence-corrected chi connectivity index (χ2v) is 3.08. The van der Waals surface area contributed by atoms with Crippen LogP contribution in [0.5, 0.6) is 11.5 Å². The SMILES string of the molecule is NCC(c1ccc(O)c(O)c1)C(F)(F)F. The summed E-state index contributed by atoms with van der Waals surface area (Å²) in [4.78, 5) is 0. The van der Waals surface area contributed by atoms with Gasteiger partial charge in [-0.1, -0.05) is 6.07 Å². The summed E-state index contributed by atoms with van der Waals surface area (Å²) >= 11 is 0. The van der Waals surface area contributed by atoms with Crippen molar-refractivity contribution in [2.45, 2.75) is 12.1 Å². The van der Waals surface area contributed by atoms with Crippen LogP contribution >= 0.6 is 0 Å². The van der Waals surface area contributed by atoms with E-state index in [1.807, 2.05) is 0 Å². The van der Waals surface area contributed by atoms with Gasteiger partial charge in [0.25, 0.3) is 0 Å². The van der Waals surface area contributed by atoms with Crippen LogP contribution in [-0.4, -0.2) is 22.9 Å². The summed E-state index contributed by atoms with van der Waals surface area (Å²) in [5, 5.41) is 18.0. The lowest BCUT2D eigenvalue weighted by atomic mass is 9.98. The number of phenols is 2. The molecule has 1 aromatic carbocycles. The minimum atomic E-state index is -4.46.